The van der Waals surface area contributed by atoms with Gasteiger partial charge in [0.15, 0.2) is 0 Å². The summed E-state index contributed by atoms with van der Waals surface area (Å²) in [6, 6.07) is 18.7. The van der Waals surface area contributed by atoms with Crippen molar-refractivity contribution in [3.05, 3.63) is 78.0 Å². The van der Waals surface area contributed by atoms with Crippen LogP contribution in [0.5, 0.6) is 5.75 Å². The molecular weight excluding hydrogens is 416 g/mol. The van der Waals surface area contributed by atoms with Gasteiger partial charge < -0.3 is 20.3 Å². The zero-order valence-electron chi connectivity index (χ0n) is 18.9. The Labute approximate surface area is 193 Å². The fraction of sp³-hybridized carbons (Fsp3) is 0.269. The molecule has 1 saturated heterocycles. The van der Waals surface area contributed by atoms with E-state index in [-0.39, 0.29) is 17.7 Å². The maximum atomic E-state index is 13.4. The highest BCUT2D eigenvalue weighted by molar-refractivity contribution is 6.01. The maximum Gasteiger partial charge on any atom is 0.255 e. The fourth-order valence-corrected chi connectivity index (χ4v) is 3.92. The molecule has 7 nitrogen and oxygen atoms in total. The number of anilines is 3. The first kappa shape index (κ1) is 22.3. The Morgan fingerprint density at radius 1 is 1.06 bits per heavy atom. The molecule has 1 atom stereocenters. The lowest BCUT2D eigenvalue weighted by atomic mass is 9.96. The van der Waals surface area contributed by atoms with E-state index in [4.69, 9.17) is 4.74 Å². The SMILES string of the molecule is COc1ccc(Nc2ccccc2C(=O)N2CCCC(C(=O)Nc3ccc(C)cn3)C2)cc1. The van der Waals surface area contributed by atoms with Gasteiger partial charge in [-0.3, -0.25) is 9.59 Å². The highest BCUT2D eigenvalue weighted by Gasteiger charge is 2.30. The second-order valence-corrected chi connectivity index (χ2v) is 8.20. The molecule has 3 aromatic rings. The standard InChI is InChI=1S/C26H28N4O3/c1-18-9-14-24(27-16-18)29-25(31)19-6-5-15-30(17-19)26(32)22-7-3-4-8-23(22)28-20-10-12-21(33-2)13-11-20/h3-4,7-14,16,19,28H,5-6,15,17H2,1-2H3,(H,27,29,31). The van der Waals surface area contributed by atoms with Crippen LogP contribution >= 0.6 is 0 Å². The number of nitrogens with one attached hydrogen (secondary N) is 2. The number of nitrogens with zero attached hydrogens (tertiary/aromatic N) is 2. The van der Waals surface area contributed by atoms with E-state index in [1.807, 2.05) is 61.5 Å². The summed E-state index contributed by atoms with van der Waals surface area (Å²) < 4.78 is 5.21. The number of aryl methyl sites for hydroxylation is 1. The largest absolute Gasteiger partial charge is 0.497 e. The molecule has 1 aromatic heterocycles. The van der Waals surface area contributed by atoms with Gasteiger partial charge in [-0.2, -0.15) is 0 Å². The van der Waals surface area contributed by atoms with Crippen LogP contribution in [0.3, 0.4) is 0 Å². The summed E-state index contributed by atoms with van der Waals surface area (Å²) in [5.74, 6) is 0.838. The number of hydrogen-bond donors (Lipinski definition) is 2. The summed E-state index contributed by atoms with van der Waals surface area (Å²) in [6.07, 6.45) is 3.24. The molecule has 170 valence electrons. The van der Waals surface area contributed by atoms with Crippen LogP contribution in [0.4, 0.5) is 17.2 Å². The lowest BCUT2D eigenvalue weighted by Crippen LogP contribution is -2.44. The van der Waals surface area contributed by atoms with Crippen LogP contribution < -0.4 is 15.4 Å². The monoisotopic (exact) mass is 444 g/mol. The number of para-hydroxylation sites is 1. The van der Waals surface area contributed by atoms with Crippen molar-refractivity contribution >= 4 is 29.0 Å². The van der Waals surface area contributed by atoms with Gasteiger partial charge in [-0.15, -0.1) is 0 Å². The van der Waals surface area contributed by atoms with Crippen LogP contribution in [0, 0.1) is 12.8 Å². The van der Waals surface area contributed by atoms with Crippen LogP contribution in [0.15, 0.2) is 66.9 Å². The molecule has 0 radical (unpaired) electrons. The van der Waals surface area contributed by atoms with E-state index in [0.29, 0.717) is 24.5 Å². The Bertz CT molecular complexity index is 1110. The highest BCUT2D eigenvalue weighted by Crippen LogP contribution is 2.26. The first-order valence-electron chi connectivity index (χ1n) is 11.1. The normalized spacial score (nSPS) is 15.6. The number of carbonyl (C=O) groups excluding carboxylic acids is 2. The minimum atomic E-state index is -0.271. The van der Waals surface area contributed by atoms with E-state index >= 15 is 0 Å². The van der Waals surface area contributed by atoms with Crippen LogP contribution in [0.25, 0.3) is 0 Å². The highest BCUT2D eigenvalue weighted by atomic mass is 16.5. The molecule has 0 spiro atoms. The average molecular weight is 445 g/mol. The van der Waals surface area contributed by atoms with Crippen molar-refractivity contribution in [3.63, 3.8) is 0 Å². The van der Waals surface area contributed by atoms with Crippen molar-refractivity contribution in [3.8, 4) is 5.75 Å². The van der Waals surface area contributed by atoms with Crippen molar-refractivity contribution in [2.24, 2.45) is 5.92 Å². The van der Waals surface area contributed by atoms with Crippen molar-refractivity contribution in [2.75, 3.05) is 30.8 Å². The molecule has 1 aliphatic rings. The number of carbonyl (C=O) groups is 2. The molecule has 2 N–H and O–H groups in total. The minimum absolute atomic E-state index is 0.0856. The van der Waals surface area contributed by atoms with Crippen molar-refractivity contribution in [1.29, 1.82) is 0 Å². The Kier molecular flexibility index (Phi) is 6.88. The number of rotatable bonds is 6. The topological polar surface area (TPSA) is 83.6 Å². The molecule has 7 heteroatoms. The van der Waals surface area contributed by atoms with E-state index in [0.717, 1.165) is 35.5 Å². The lowest BCUT2D eigenvalue weighted by Gasteiger charge is -2.32. The molecule has 0 bridgehead atoms. The molecule has 2 aromatic carbocycles. The third-order valence-electron chi connectivity index (χ3n) is 5.77. The molecule has 2 heterocycles. The lowest BCUT2D eigenvalue weighted by molar-refractivity contribution is -0.121. The molecular formula is C26H28N4O3. The zero-order valence-corrected chi connectivity index (χ0v) is 18.9. The number of pyridine rings is 1. The first-order chi connectivity index (χ1) is 16.0. The van der Waals surface area contributed by atoms with Crippen LogP contribution in [-0.2, 0) is 4.79 Å². The van der Waals surface area contributed by atoms with E-state index < -0.39 is 0 Å². The Hall–Kier alpha value is -3.87. The summed E-state index contributed by atoms with van der Waals surface area (Å²) in [7, 11) is 1.62. The number of hydrogen-bond acceptors (Lipinski definition) is 5. The number of aromatic nitrogens is 1. The van der Waals surface area contributed by atoms with Crippen LogP contribution in [0.1, 0.15) is 28.8 Å². The van der Waals surface area contributed by atoms with Gasteiger partial charge in [0.05, 0.1) is 24.3 Å². The van der Waals surface area contributed by atoms with Gasteiger partial charge in [-0.05, 0) is 67.8 Å². The number of amides is 2. The van der Waals surface area contributed by atoms with Crippen molar-refractivity contribution < 1.29 is 14.3 Å². The smallest absolute Gasteiger partial charge is 0.255 e. The van der Waals surface area contributed by atoms with E-state index in [2.05, 4.69) is 15.6 Å². The summed E-state index contributed by atoms with van der Waals surface area (Å²) in [5.41, 5.74) is 3.19. The molecule has 1 fully saturated rings. The number of likely N-dealkylation sites (tertiary alicyclic amines) is 1. The third kappa shape index (κ3) is 5.49. The zero-order chi connectivity index (χ0) is 23.2. The summed E-state index contributed by atoms with van der Waals surface area (Å²) in [4.78, 5) is 32.2. The van der Waals surface area contributed by atoms with Gasteiger partial charge in [-0.25, -0.2) is 4.98 Å². The fourth-order valence-electron chi connectivity index (χ4n) is 3.92. The molecule has 1 unspecified atom stereocenters. The summed E-state index contributed by atoms with van der Waals surface area (Å²) in [5, 5.41) is 6.21. The molecule has 2 amide bonds. The summed E-state index contributed by atoms with van der Waals surface area (Å²) in [6.45, 7) is 2.96. The second kappa shape index (κ2) is 10.2. The molecule has 4 rings (SSSR count). The molecule has 0 aliphatic carbocycles. The van der Waals surface area contributed by atoms with Crippen molar-refractivity contribution in [2.45, 2.75) is 19.8 Å². The van der Waals surface area contributed by atoms with Gasteiger partial charge in [0, 0.05) is 25.0 Å². The Morgan fingerprint density at radius 2 is 1.85 bits per heavy atom. The predicted octanol–water partition coefficient (Wildman–Crippen LogP) is 4.63. The second-order valence-electron chi connectivity index (χ2n) is 8.20. The predicted molar refractivity (Wildman–Crippen MR) is 129 cm³/mol. The Balaban J connectivity index is 1.45. The Morgan fingerprint density at radius 3 is 2.58 bits per heavy atom. The van der Waals surface area contributed by atoms with Gasteiger partial charge in [0.2, 0.25) is 5.91 Å². The quantitative estimate of drug-likeness (QED) is 0.579. The van der Waals surface area contributed by atoms with Gasteiger partial charge in [-0.1, -0.05) is 18.2 Å². The summed E-state index contributed by atoms with van der Waals surface area (Å²) >= 11 is 0. The van der Waals surface area contributed by atoms with Gasteiger partial charge in [0.1, 0.15) is 11.6 Å². The number of piperidine rings is 1. The van der Waals surface area contributed by atoms with Crippen LogP contribution in [0.2, 0.25) is 0 Å². The number of ether oxygens (including phenoxy) is 1. The molecule has 1 aliphatic heterocycles. The first-order valence-corrected chi connectivity index (χ1v) is 11.1. The van der Waals surface area contributed by atoms with Gasteiger partial charge >= 0.3 is 0 Å². The van der Waals surface area contributed by atoms with E-state index in [9.17, 15) is 9.59 Å². The molecule has 33 heavy (non-hydrogen) atoms. The number of benzene rings is 2. The average Bonchev–Trinajstić information content (AvgIpc) is 2.86. The van der Waals surface area contributed by atoms with Crippen molar-refractivity contribution in [1.82, 2.24) is 9.88 Å². The maximum absolute atomic E-state index is 13.4. The van der Waals surface area contributed by atoms with Crippen LogP contribution in [-0.4, -0.2) is 41.9 Å². The molecule has 0 saturated carbocycles. The van der Waals surface area contributed by atoms with E-state index in [1.165, 1.54) is 0 Å². The van der Waals surface area contributed by atoms with Gasteiger partial charge in [0.25, 0.3) is 5.91 Å². The third-order valence-corrected chi connectivity index (χ3v) is 5.77. The van der Waals surface area contributed by atoms with E-state index in [1.54, 1.807) is 24.3 Å². The minimum Gasteiger partial charge on any atom is -0.497 e. The number of methoxy groups -OCH3 is 1.